The van der Waals surface area contributed by atoms with Crippen LogP contribution in [-0.2, 0) is 0 Å². The maximum atomic E-state index is 12.6. The number of benzene rings is 2. The highest BCUT2D eigenvalue weighted by molar-refractivity contribution is 5.59. The third-order valence-corrected chi connectivity index (χ3v) is 4.28. The number of hydrogen-bond donors (Lipinski definition) is 2. The number of ether oxygens (including phenoxy) is 3. The monoisotopic (exact) mass is 447 g/mol. The Hall–Kier alpha value is -3.76. The molecule has 0 spiro atoms. The molecule has 11 heteroatoms. The molecule has 0 unspecified atom stereocenters. The molecule has 4 aliphatic rings. The summed E-state index contributed by atoms with van der Waals surface area (Å²) in [5.41, 5.74) is 1.24. The molecule has 8 nitrogen and oxygen atoms in total. The van der Waals surface area contributed by atoms with Crippen LogP contribution in [-0.4, -0.2) is 40.9 Å². The highest BCUT2D eigenvalue weighted by Gasteiger charge is 2.29. The maximum absolute atomic E-state index is 12.6. The lowest BCUT2D eigenvalue weighted by molar-refractivity contribution is -0.154. The van der Waals surface area contributed by atoms with Crippen molar-refractivity contribution in [3.05, 3.63) is 48.5 Å². The lowest BCUT2D eigenvalue weighted by Gasteiger charge is -2.12. The normalized spacial score (nSPS) is 14.1. The third kappa shape index (κ3) is 6.37. The zero-order valence-corrected chi connectivity index (χ0v) is 16.9. The summed E-state index contributed by atoms with van der Waals surface area (Å²) in [5.74, 6) is 1.42. The summed E-state index contributed by atoms with van der Waals surface area (Å²) < 4.78 is 53.9. The Balaban J connectivity index is 1.63. The second kappa shape index (κ2) is 9.58. The maximum Gasteiger partial charge on any atom is 0.422 e. The topological polar surface area (TPSA) is 90.4 Å². The molecular weight excluding hydrogens is 427 g/mol. The Bertz CT molecular complexity index is 959. The van der Waals surface area contributed by atoms with Gasteiger partial charge in [0, 0.05) is 11.4 Å². The first-order chi connectivity index (χ1) is 15.4. The van der Waals surface area contributed by atoms with E-state index in [1.165, 1.54) is 0 Å². The molecule has 6 bridgehead atoms. The van der Waals surface area contributed by atoms with Crippen LogP contribution in [0, 0.1) is 0 Å². The summed E-state index contributed by atoms with van der Waals surface area (Å²) in [6.07, 6.45) is -2.85. The highest BCUT2D eigenvalue weighted by atomic mass is 19.4. The van der Waals surface area contributed by atoms with Crippen molar-refractivity contribution < 1.29 is 27.4 Å². The van der Waals surface area contributed by atoms with E-state index in [1.807, 2.05) is 0 Å². The van der Waals surface area contributed by atoms with Gasteiger partial charge < -0.3 is 24.8 Å². The van der Waals surface area contributed by atoms with Gasteiger partial charge in [0.15, 0.2) is 6.61 Å². The molecule has 0 saturated heterocycles. The van der Waals surface area contributed by atoms with Crippen LogP contribution in [0.2, 0.25) is 0 Å². The second-order valence-electron chi connectivity index (χ2n) is 6.87. The fourth-order valence-electron chi connectivity index (χ4n) is 2.79. The first-order valence-corrected chi connectivity index (χ1v) is 9.88. The van der Waals surface area contributed by atoms with Crippen LogP contribution in [0.5, 0.6) is 17.5 Å². The predicted octanol–water partition coefficient (Wildman–Crippen LogP) is 4.85. The van der Waals surface area contributed by atoms with Gasteiger partial charge in [0.25, 0.3) is 0 Å². The molecule has 1 aromatic heterocycles. The molecule has 0 radical (unpaired) electrons. The molecular formula is C21H20F3N5O3. The van der Waals surface area contributed by atoms with Crippen LogP contribution < -0.4 is 24.8 Å². The van der Waals surface area contributed by atoms with Crippen molar-refractivity contribution in [3.8, 4) is 17.5 Å². The molecule has 32 heavy (non-hydrogen) atoms. The van der Waals surface area contributed by atoms with E-state index in [0.29, 0.717) is 36.1 Å². The molecule has 168 valence electrons. The van der Waals surface area contributed by atoms with Crippen molar-refractivity contribution in [2.24, 2.45) is 0 Å². The van der Waals surface area contributed by atoms with Gasteiger partial charge in [-0.3, -0.25) is 0 Å². The van der Waals surface area contributed by atoms with E-state index < -0.39 is 18.8 Å². The minimum absolute atomic E-state index is 0.0196. The van der Waals surface area contributed by atoms with E-state index >= 15 is 0 Å². The smallest absolute Gasteiger partial charge is 0.422 e. The first kappa shape index (κ1) is 21.5. The average molecular weight is 447 g/mol. The second-order valence-corrected chi connectivity index (χ2v) is 6.87. The Morgan fingerprint density at radius 3 is 1.66 bits per heavy atom. The predicted molar refractivity (Wildman–Crippen MR) is 111 cm³/mol. The third-order valence-electron chi connectivity index (χ3n) is 4.28. The van der Waals surface area contributed by atoms with Gasteiger partial charge in [-0.15, -0.1) is 0 Å². The zero-order chi connectivity index (χ0) is 22.4. The summed E-state index contributed by atoms with van der Waals surface area (Å²) in [6.45, 7) is -0.417. The summed E-state index contributed by atoms with van der Waals surface area (Å²) in [5, 5.41) is 5.88. The van der Waals surface area contributed by atoms with Gasteiger partial charge in [-0.1, -0.05) is 0 Å². The number of hydrogen-bond acceptors (Lipinski definition) is 8. The Kier molecular flexibility index (Phi) is 6.43. The Morgan fingerprint density at radius 2 is 1.22 bits per heavy atom. The van der Waals surface area contributed by atoms with E-state index in [1.54, 1.807) is 48.5 Å². The number of halogens is 3. The van der Waals surface area contributed by atoms with Crippen LogP contribution in [0.4, 0.5) is 36.4 Å². The van der Waals surface area contributed by atoms with Crippen LogP contribution in [0.25, 0.3) is 0 Å². The molecule has 2 aromatic carbocycles. The van der Waals surface area contributed by atoms with E-state index in [-0.39, 0.29) is 11.9 Å². The fraction of sp³-hybridized carbons (Fsp3) is 0.286. The molecule has 3 aromatic rings. The number of rotatable bonds is 2. The zero-order valence-electron chi connectivity index (χ0n) is 16.9. The Labute approximate surface area is 181 Å². The SMILES string of the molecule is FC(F)(F)COc1nc2nc(n1)Nc1ccc(cc1)OCCCCOc1ccc(cc1)N2. The molecule has 4 aliphatic heterocycles. The van der Waals surface area contributed by atoms with Gasteiger partial charge in [0.2, 0.25) is 11.9 Å². The lowest BCUT2D eigenvalue weighted by Crippen LogP contribution is -2.20. The van der Waals surface area contributed by atoms with Crippen molar-refractivity contribution in [3.63, 3.8) is 0 Å². The molecule has 0 fully saturated rings. The van der Waals surface area contributed by atoms with Gasteiger partial charge in [-0.05, 0) is 61.4 Å². The van der Waals surface area contributed by atoms with E-state index in [0.717, 1.165) is 12.8 Å². The van der Waals surface area contributed by atoms with Gasteiger partial charge in [-0.2, -0.15) is 28.1 Å². The van der Waals surface area contributed by atoms with Crippen molar-refractivity contribution in [1.82, 2.24) is 15.0 Å². The van der Waals surface area contributed by atoms with Crippen molar-refractivity contribution in [2.75, 3.05) is 30.5 Å². The van der Waals surface area contributed by atoms with Gasteiger partial charge in [0.1, 0.15) is 11.5 Å². The molecule has 7 rings (SSSR count). The molecule has 0 saturated carbocycles. The summed E-state index contributed by atoms with van der Waals surface area (Å²) in [7, 11) is 0. The largest absolute Gasteiger partial charge is 0.494 e. The number of alkyl halides is 3. The number of aromatic nitrogens is 3. The standard InChI is InChI=1S/C21H20F3N5O3/c22-21(23,24)13-32-20-28-18-25-14-3-7-16(8-4-14)30-11-1-2-12-31-17-9-5-15(6-10-17)26-19(27-18)29-20/h3-10H,1-2,11-13H2,(H2,25,26,27,28,29). The number of nitrogens with one attached hydrogen (secondary N) is 2. The summed E-state index contributed by atoms with van der Waals surface area (Å²) >= 11 is 0. The van der Waals surface area contributed by atoms with E-state index in [4.69, 9.17) is 14.2 Å². The molecule has 2 N–H and O–H groups in total. The van der Waals surface area contributed by atoms with Crippen molar-refractivity contribution in [1.29, 1.82) is 0 Å². The van der Waals surface area contributed by atoms with Crippen molar-refractivity contribution >= 4 is 23.3 Å². The van der Waals surface area contributed by atoms with Gasteiger partial charge in [-0.25, -0.2) is 0 Å². The van der Waals surface area contributed by atoms with E-state index in [2.05, 4.69) is 25.6 Å². The van der Waals surface area contributed by atoms with E-state index in [9.17, 15) is 13.2 Å². The molecule has 0 amide bonds. The van der Waals surface area contributed by atoms with Crippen LogP contribution >= 0.6 is 0 Å². The lowest BCUT2D eigenvalue weighted by atomic mass is 10.3. The molecule has 5 heterocycles. The van der Waals surface area contributed by atoms with Crippen LogP contribution in [0.3, 0.4) is 0 Å². The number of anilines is 4. The molecule has 0 atom stereocenters. The summed E-state index contributed by atoms with van der Waals surface area (Å²) in [6, 6.07) is 13.6. The summed E-state index contributed by atoms with van der Waals surface area (Å²) in [4.78, 5) is 12.1. The quantitative estimate of drug-likeness (QED) is 0.576. The first-order valence-electron chi connectivity index (χ1n) is 9.88. The van der Waals surface area contributed by atoms with Gasteiger partial charge >= 0.3 is 12.2 Å². The van der Waals surface area contributed by atoms with Crippen LogP contribution in [0.1, 0.15) is 12.8 Å². The highest BCUT2D eigenvalue weighted by Crippen LogP contribution is 2.24. The molecule has 0 aliphatic carbocycles. The fourth-order valence-corrected chi connectivity index (χ4v) is 2.79. The minimum Gasteiger partial charge on any atom is -0.494 e. The van der Waals surface area contributed by atoms with Crippen LogP contribution in [0.15, 0.2) is 48.5 Å². The van der Waals surface area contributed by atoms with Gasteiger partial charge in [0.05, 0.1) is 13.2 Å². The minimum atomic E-state index is -4.52. The average Bonchev–Trinajstić information content (AvgIpc) is 2.76. The van der Waals surface area contributed by atoms with Crippen molar-refractivity contribution in [2.45, 2.75) is 19.0 Å². The number of nitrogens with zero attached hydrogens (tertiary/aromatic N) is 3. The Morgan fingerprint density at radius 1 is 0.750 bits per heavy atom.